The molecule has 0 spiro atoms. The average molecular weight is 361 g/mol. The van der Waals surface area contributed by atoms with Gasteiger partial charge in [0.05, 0.1) is 5.56 Å². The van der Waals surface area contributed by atoms with E-state index in [2.05, 4.69) is 0 Å². The molecule has 1 aliphatic rings. The van der Waals surface area contributed by atoms with Crippen molar-refractivity contribution < 1.29 is 23.4 Å². The molecule has 1 heterocycles. The van der Waals surface area contributed by atoms with E-state index in [0.29, 0.717) is 37.6 Å². The molecule has 138 valence electrons. The van der Waals surface area contributed by atoms with Crippen LogP contribution in [0.1, 0.15) is 29.6 Å². The molecule has 1 atom stereocenters. The molecule has 0 aliphatic carbocycles. The lowest BCUT2D eigenvalue weighted by molar-refractivity contribution is -0.0163. The third-order valence-electron chi connectivity index (χ3n) is 4.62. The van der Waals surface area contributed by atoms with Gasteiger partial charge in [0, 0.05) is 19.2 Å². The van der Waals surface area contributed by atoms with Crippen molar-refractivity contribution in [2.75, 3.05) is 19.7 Å². The van der Waals surface area contributed by atoms with Gasteiger partial charge in [-0.25, -0.2) is 8.78 Å². The fourth-order valence-electron chi connectivity index (χ4n) is 3.09. The molecular formula is C20H21F2NO3. The first kappa shape index (κ1) is 18.3. The van der Waals surface area contributed by atoms with Gasteiger partial charge in [0.2, 0.25) is 0 Å². The number of hydrogen-bond acceptors (Lipinski definition) is 3. The maximum absolute atomic E-state index is 13.9. The quantitative estimate of drug-likeness (QED) is 0.908. The fourth-order valence-corrected chi connectivity index (χ4v) is 3.09. The van der Waals surface area contributed by atoms with Crippen LogP contribution in [0.25, 0.3) is 0 Å². The number of carbonyl (C=O) groups excluding carboxylic acids is 1. The Morgan fingerprint density at radius 2 is 1.88 bits per heavy atom. The van der Waals surface area contributed by atoms with E-state index < -0.39 is 23.1 Å². The van der Waals surface area contributed by atoms with Gasteiger partial charge in [-0.1, -0.05) is 18.2 Å². The zero-order chi connectivity index (χ0) is 18.6. The van der Waals surface area contributed by atoms with E-state index in [1.54, 1.807) is 0 Å². The second-order valence-corrected chi connectivity index (χ2v) is 6.60. The molecular weight excluding hydrogens is 340 g/mol. The highest BCUT2D eigenvalue weighted by Gasteiger charge is 2.33. The lowest BCUT2D eigenvalue weighted by Crippen LogP contribution is -2.38. The van der Waals surface area contributed by atoms with Gasteiger partial charge in [0.15, 0.2) is 0 Å². The topological polar surface area (TPSA) is 49.8 Å². The number of benzene rings is 2. The summed E-state index contributed by atoms with van der Waals surface area (Å²) in [6.07, 6.45) is 1.38. The van der Waals surface area contributed by atoms with Gasteiger partial charge in [-0.05, 0) is 43.5 Å². The molecule has 1 saturated heterocycles. The van der Waals surface area contributed by atoms with Crippen molar-refractivity contribution in [1.82, 2.24) is 4.90 Å². The maximum atomic E-state index is 13.9. The number of likely N-dealkylation sites (tertiary alicyclic amines) is 1. The molecule has 1 amide bonds. The predicted molar refractivity (Wildman–Crippen MR) is 93.0 cm³/mol. The SMILES string of the molecule is O=C(c1ccc(F)cc1F)N1CCCC(O)(COc2ccccc2)CC1. The van der Waals surface area contributed by atoms with Crippen molar-refractivity contribution in [3.63, 3.8) is 0 Å². The predicted octanol–water partition coefficient (Wildman–Crippen LogP) is 3.40. The molecule has 3 rings (SSSR count). The van der Waals surface area contributed by atoms with Crippen LogP contribution in [0.4, 0.5) is 8.78 Å². The highest BCUT2D eigenvalue weighted by molar-refractivity contribution is 5.94. The van der Waals surface area contributed by atoms with Gasteiger partial charge in [-0.15, -0.1) is 0 Å². The summed E-state index contributed by atoms with van der Waals surface area (Å²) >= 11 is 0. The maximum Gasteiger partial charge on any atom is 0.256 e. The molecule has 0 aromatic heterocycles. The first-order valence-electron chi connectivity index (χ1n) is 8.61. The third-order valence-corrected chi connectivity index (χ3v) is 4.62. The van der Waals surface area contributed by atoms with Crippen molar-refractivity contribution >= 4 is 5.91 Å². The van der Waals surface area contributed by atoms with Crippen molar-refractivity contribution in [2.24, 2.45) is 0 Å². The van der Waals surface area contributed by atoms with Crippen molar-refractivity contribution in [2.45, 2.75) is 24.9 Å². The molecule has 2 aromatic carbocycles. The van der Waals surface area contributed by atoms with Crippen LogP contribution in [0.2, 0.25) is 0 Å². The Kier molecular flexibility index (Phi) is 5.52. The highest BCUT2D eigenvalue weighted by Crippen LogP contribution is 2.25. The van der Waals surface area contributed by atoms with Gasteiger partial charge in [0.1, 0.15) is 29.6 Å². The van der Waals surface area contributed by atoms with Crippen LogP contribution in [-0.2, 0) is 0 Å². The second-order valence-electron chi connectivity index (χ2n) is 6.60. The average Bonchev–Trinajstić information content (AvgIpc) is 2.83. The van der Waals surface area contributed by atoms with Crippen molar-refractivity contribution in [3.05, 3.63) is 65.7 Å². The Bertz CT molecular complexity index is 769. The lowest BCUT2D eigenvalue weighted by Gasteiger charge is -2.27. The number of carbonyl (C=O) groups is 1. The van der Waals surface area contributed by atoms with E-state index in [0.717, 1.165) is 12.1 Å². The molecule has 1 N–H and O–H groups in total. The normalized spacial score (nSPS) is 20.5. The summed E-state index contributed by atoms with van der Waals surface area (Å²) in [6, 6.07) is 12.1. The van der Waals surface area contributed by atoms with E-state index in [9.17, 15) is 18.7 Å². The monoisotopic (exact) mass is 361 g/mol. The van der Waals surface area contributed by atoms with E-state index in [1.807, 2.05) is 30.3 Å². The van der Waals surface area contributed by atoms with Crippen LogP contribution in [0.15, 0.2) is 48.5 Å². The molecule has 0 saturated carbocycles. The van der Waals surface area contributed by atoms with Gasteiger partial charge in [-0.2, -0.15) is 0 Å². The number of halogens is 2. The molecule has 0 bridgehead atoms. The van der Waals surface area contributed by atoms with Gasteiger partial charge < -0.3 is 14.7 Å². The Labute approximate surface area is 151 Å². The highest BCUT2D eigenvalue weighted by atomic mass is 19.1. The smallest absolute Gasteiger partial charge is 0.256 e. The number of amides is 1. The summed E-state index contributed by atoms with van der Waals surface area (Å²) < 4.78 is 32.6. The number of ether oxygens (including phenoxy) is 1. The molecule has 2 aromatic rings. The molecule has 1 aliphatic heterocycles. The molecule has 4 nitrogen and oxygen atoms in total. The Balaban J connectivity index is 1.62. The summed E-state index contributed by atoms with van der Waals surface area (Å²) in [5.41, 5.74) is -1.20. The van der Waals surface area contributed by atoms with Crippen molar-refractivity contribution in [3.8, 4) is 5.75 Å². The third kappa shape index (κ3) is 4.38. The summed E-state index contributed by atoms with van der Waals surface area (Å²) in [5, 5.41) is 10.8. The summed E-state index contributed by atoms with van der Waals surface area (Å²) in [6.45, 7) is 0.817. The van der Waals surface area contributed by atoms with Crippen LogP contribution in [0, 0.1) is 11.6 Å². The van der Waals surface area contributed by atoms with Crippen LogP contribution in [-0.4, -0.2) is 41.2 Å². The number of nitrogens with zero attached hydrogens (tertiary/aromatic N) is 1. The van der Waals surface area contributed by atoms with Gasteiger partial charge >= 0.3 is 0 Å². The van der Waals surface area contributed by atoms with Crippen LogP contribution in [0.5, 0.6) is 5.75 Å². The van der Waals surface area contributed by atoms with Crippen molar-refractivity contribution in [1.29, 1.82) is 0 Å². The zero-order valence-electron chi connectivity index (χ0n) is 14.3. The summed E-state index contributed by atoms with van der Waals surface area (Å²) in [4.78, 5) is 14.0. The summed E-state index contributed by atoms with van der Waals surface area (Å²) in [7, 11) is 0. The molecule has 26 heavy (non-hydrogen) atoms. The Morgan fingerprint density at radius 1 is 1.12 bits per heavy atom. The minimum Gasteiger partial charge on any atom is -0.491 e. The van der Waals surface area contributed by atoms with E-state index in [4.69, 9.17) is 4.74 Å². The molecule has 0 radical (unpaired) electrons. The Hall–Kier alpha value is -2.47. The number of hydrogen-bond donors (Lipinski definition) is 1. The number of aliphatic hydroxyl groups is 1. The van der Waals surface area contributed by atoms with Crippen LogP contribution < -0.4 is 4.74 Å². The van der Waals surface area contributed by atoms with Crippen LogP contribution >= 0.6 is 0 Å². The second kappa shape index (κ2) is 7.83. The van der Waals surface area contributed by atoms with Crippen LogP contribution in [0.3, 0.4) is 0 Å². The molecule has 6 heteroatoms. The summed E-state index contributed by atoms with van der Waals surface area (Å²) in [5.74, 6) is -1.41. The Morgan fingerprint density at radius 3 is 2.62 bits per heavy atom. The zero-order valence-corrected chi connectivity index (χ0v) is 14.3. The lowest BCUT2D eigenvalue weighted by atomic mass is 9.96. The van der Waals surface area contributed by atoms with Gasteiger partial charge in [0.25, 0.3) is 5.91 Å². The first-order chi connectivity index (χ1) is 12.5. The van der Waals surface area contributed by atoms with Gasteiger partial charge in [-0.3, -0.25) is 4.79 Å². The van der Waals surface area contributed by atoms with E-state index in [1.165, 1.54) is 4.90 Å². The van der Waals surface area contributed by atoms with E-state index >= 15 is 0 Å². The minimum atomic E-state index is -1.05. The molecule has 1 unspecified atom stereocenters. The largest absolute Gasteiger partial charge is 0.491 e. The standard InChI is InChI=1S/C20H21F2NO3/c21-15-7-8-17(18(22)13-15)19(24)23-11-4-9-20(25,10-12-23)14-26-16-5-2-1-3-6-16/h1-3,5-8,13,25H,4,9-12,14H2. The fraction of sp³-hybridized carbons (Fsp3) is 0.350. The number of para-hydroxylation sites is 1. The minimum absolute atomic E-state index is 0.129. The first-order valence-corrected chi connectivity index (χ1v) is 8.61. The molecule has 1 fully saturated rings. The number of rotatable bonds is 4. The van der Waals surface area contributed by atoms with E-state index in [-0.39, 0.29) is 18.7 Å².